The fourth-order valence-electron chi connectivity index (χ4n) is 2.96. The maximum atomic E-state index is 11.9. The van der Waals surface area contributed by atoms with Crippen molar-refractivity contribution in [3.05, 3.63) is 23.9 Å². The Hall–Kier alpha value is -1.82. The first-order valence-corrected chi connectivity index (χ1v) is 9.46. The van der Waals surface area contributed by atoms with Gasteiger partial charge in [0.2, 0.25) is 0 Å². The zero-order valence-electron chi connectivity index (χ0n) is 15.5. The van der Waals surface area contributed by atoms with Crippen LogP contribution in [0, 0.1) is 5.92 Å². The highest BCUT2D eigenvalue weighted by molar-refractivity contribution is 5.73. The number of anilines is 1. The number of carbonyl (C=O) groups excluding carboxylic acids is 1. The lowest BCUT2D eigenvalue weighted by Gasteiger charge is -2.21. The van der Waals surface area contributed by atoms with E-state index in [0.29, 0.717) is 19.5 Å². The number of nitrogens with zero attached hydrogens (tertiary/aromatic N) is 2. The van der Waals surface area contributed by atoms with Crippen LogP contribution in [0.1, 0.15) is 51.5 Å². The molecule has 0 saturated carbocycles. The summed E-state index contributed by atoms with van der Waals surface area (Å²) in [6, 6.07) is 3.79. The van der Waals surface area contributed by atoms with Gasteiger partial charge in [0, 0.05) is 32.4 Å². The number of hydrogen-bond acceptors (Lipinski definition) is 4. The molecule has 1 saturated heterocycles. The highest BCUT2D eigenvalue weighted by atomic mass is 16.3. The molecular formula is C19H32N4O2. The van der Waals surface area contributed by atoms with Gasteiger partial charge in [-0.2, -0.15) is 0 Å². The Morgan fingerprint density at radius 2 is 1.96 bits per heavy atom. The molecule has 6 heteroatoms. The Labute approximate surface area is 151 Å². The highest BCUT2D eigenvalue weighted by Crippen LogP contribution is 2.18. The third-order valence-corrected chi connectivity index (χ3v) is 4.69. The molecule has 2 amide bonds. The predicted octanol–water partition coefficient (Wildman–Crippen LogP) is 2.67. The fraction of sp³-hybridized carbons (Fsp3) is 0.684. The summed E-state index contributed by atoms with van der Waals surface area (Å²) in [7, 11) is 0. The second kappa shape index (κ2) is 10.2. The maximum absolute atomic E-state index is 11.9. The van der Waals surface area contributed by atoms with Gasteiger partial charge in [0.15, 0.2) is 0 Å². The number of aliphatic hydroxyl groups excluding tert-OH is 1. The van der Waals surface area contributed by atoms with E-state index in [1.807, 2.05) is 26.1 Å². The van der Waals surface area contributed by atoms with Gasteiger partial charge in [0.25, 0.3) is 0 Å². The lowest BCUT2D eigenvalue weighted by Crippen LogP contribution is -2.37. The molecule has 140 valence electrons. The summed E-state index contributed by atoms with van der Waals surface area (Å²) in [5.41, 5.74) is 1.05. The molecule has 6 nitrogen and oxygen atoms in total. The molecule has 0 aliphatic carbocycles. The second-order valence-electron chi connectivity index (χ2n) is 7.13. The number of aliphatic hydroxyl groups is 1. The number of amides is 2. The van der Waals surface area contributed by atoms with Gasteiger partial charge in [-0.15, -0.1) is 0 Å². The Balaban J connectivity index is 1.76. The molecular weight excluding hydrogens is 316 g/mol. The highest BCUT2D eigenvalue weighted by Gasteiger charge is 2.12. The number of aromatic nitrogens is 1. The van der Waals surface area contributed by atoms with Gasteiger partial charge in [-0.25, -0.2) is 9.78 Å². The number of nitrogens with one attached hydrogen (secondary N) is 2. The predicted molar refractivity (Wildman–Crippen MR) is 101 cm³/mol. The van der Waals surface area contributed by atoms with E-state index in [-0.39, 0.29) is 18.1 Å². The number of hydrogen-bond donors (Lipinski definition) is 3. The molecule has 1 fully saturated rings. The summed E-state index contributed by atoms with van der Waals surface area (Å²) in [6.45, 7) is 7.00. The van der Waals surface area contributed by atoms with Crippen molar-refractivity contribution in [2.45, 2.75) is 58.6 Å². The summed E-state index contributed by atoms with van der Waals surface area (Å²) >= 11 is 0. The molecule has 1 aliphatic rings. The van der Waals surface area contributed by atoms with Crippen LogP contribution in [0.5, 0.6) is 0 Å². The lowest BCUT2D eigenvalue weighted by atomic mass is 10.0. The minimum Gasteiger partial charge on any atom is -0.393 e. The average Bonchev–Trinajstić information content (AvgIpc) is 2.89. The van der Waals surface area contributed by atoms with Crippen molar-refractivity contribution in [3.8, 4) is 0 Å². The first kappa shape index (κ1) is 19.5. The number of pyridine rings is 1. The molecule has 2 rings (SSSR count). The maximum Gasteiger partial charge on any atom is 0.315 e. The van der Waals surface area contributed by atoms with Crippen LogP contribution in [0.4, 0.5) is 10.6 Å². The Morgan fingerprint density at radius 3 is 2.64 bits per heavy atom. The van der Waals surface area contributed by atoms with Crippen LogP contribution in [0.15, 0.2) is 18.3 Å². The minimum absolute atomic E-state index is 0.205. The van der Waals surface area contributed by atoms with E-state index >= 15 is 0 Å². The molecule has 1 aromatic rings. The first-order valence-electron chi connectivity index (χ1n) is 9.46. The zero-order valence-corrected chi connectivity index (χ0v) is 15.5. The molecule has 0 radical (unpaired) electrons. The van der Waals surface area contributed by atoms with E-state index in [9.17, 15) is 9.90 Å². The topological polar surface area (TPSA) is 77.5 Å². The number of urea groups is 1. The molecule has 1 atom stereocenters. The van der Waals surface area contributed by atoms with Gasteiger partial charge < -0.3 is 20.6 Å². The molecule has 2 heterocycles. The summed E-state index contributed by atoms with van der Waals surface area (Å²) < 4.78 is 0. The van der Waals surface area contributed by atoms with Crippen molar-refractivity contribution in [1.82, 2.24) is 15.6 Å². The molecule has 1 unspecified atom stereocenters. The van der Waals surface area contributed by atoms with E-state index in [0.717, 1.165) is 24.5 Å². The quantitative estimate of drug-likeness (QED) is 0.708. The third kappa shape index (κ3) is 6.90. The Bertz CT molecular complexity index is 528. The Kier molecular flexibility index (Phi) is 7.98. The normalized spacial score (nSPS) is 16.4. The van der Waals surface area contributed by atoms with Crippen LogP contribution in [-0.2, 0) is 6.54 Å². The van der Waals surface area contributed by atoms with Crippen LogP contribution in [0.3, 0.4) is 0 Å². The van der Waals surface area contributed by atoms with E-state index in [1.165, 1.54) is 25.7 Å². The molecule has 3 N–H and O–H groups in total. The lowest BCUT2D eigenvalue weighted by molar-refractivity contribution is 0.116. The van der Waals surface area contributed by atoms with Crippen LogP contribution < -0.4 is 15.5 Å². The van der Waals surface area contributed by atoms with Gasteiger partial charge in [-0.1, -0.05) is 26.7 Å². The minimum atomic E-state index is -0.378. The summed E-state index contributed by atoms with van der Waals surface area (Å²) in [5.74, 6) is 1.21. The van der Waals surface area contributed by atoms with Gasteiger partial charge in [0.1, 0.15) is 5.82 Å². The molecule has 1 aromatic heterocycles. The monoisotopic (exact) mass is 348 g/mol. The standard InChI is InChI=1S/C19H32N4O2/c1-15(2)17(24)8-10-21-19(25)22-14-16-7-9-20-18(13-16)23-11-5-3-4-6-12-23/h7,9,13,15,17,24H,3-6,8,10-12,14H2,1-2H3,(H2,21,22,25). The van der Waals surface area contributed by atoms with Gasteiger partial charge in [-0.3, -0.25) is 0 Å². The van der Waals surface area contributed by atoms with Crippen LogP contribution in [0.25, 0.3) is 0 Å². The SMILES string of the molecule is CC(C)C(O)CCNC(=O)NCc1ccnc(N2CCCCCC2)c1. The molecule has 1 aliphatic heterocycles. The largest absolute Gasteiger partial charge is 0.393 e. The van der Waals surface area contributed by atoms with Crippen molar-refractivity contribution in [2.75, 3.05) is 24.5 Å². The zero-order chi connectivity index (χ0) is 18.1. The summed E-state index contributed by atoms with van der Waals surface area (Å²) in [5, 5.41) is 15.4. The molecule has 0 aromatic carbocycles. The molecule has 0 bridgehead atoms. The van der Waals surface area contributed by atoms with Crippen molar-refractivity contribution >= 4 is 11.8 Å². The van der Waals surface area contributed by atoms with Crippen molar-refractivity contribution in [2.24, 2.45) is 5.92 Å². The van der Waals surface area contributed by atoms with Gasteiger partial charge in [0.05, 0.1) is 6.10 Å². The molecule has 25 heavy (non-hydrogen) atoms. The first-order chi connectivity index (χ1) is 12.1. The van der Waals surface area contributed by atoms with Crippen LogP contribution >= 0.6 is 0 Å². The Morgan fingerprint density at radius 1 is 1.24 bits per heavy atom. The third-order valence-electron chi connectivity index (χ3n) is 4.69. The smallest absolute Gasteiger partial charge is 0.315 e. The van der Waals surface area contributed by atoms with E-state index in [4.69, 9.17) is 0 Å². The number of carbonyl (C=O) groups is 1. The average molecular weight is 348 g/mol. The van der Waals surface area contributed by atoms with E-state index in [1.54, 1.807) is 0 Å². The van der Waals surface area contributed by atoms with E-state index < -0.39 is 0 Å². The molecule has 0 spiro atoms. The van der Waals surface area contributed by atoms with Crippen molar-refractivity contribution in [1.29, 1.82) is 0 Å². The van der Waals surface area contributed by atoms with Gasteiger partial charge in [-0.05, 0) is 42.9 Å². The second-order valence-corrected chi connectivity index (χ2v) is 7.13. The number of rotatable bonds is 7. The van der Waals surface area contributed by atoms with E-state index in [2.05, 4.69) is 26.6 Å². The fourth-order valence-corrected chi connectivity index (χ4v) is 2.96. The van der Waals surface area contributed by atoms with Crippen molar-refractivity contribution in [3.63, 3.8) is 0 Å². The van der Waals surface area contributed by atoms with Crippen LogP contribution in [-0.4, -0.2) is 41.9 Å². The van der Waals surface area contributed by atoms with Crippen molar-refractivity contribution < 1.29 is 9.90 Å². The van der Waals surface area contributed by atoms with Crippen LogP contribution in [0.2, 0.25) is 0 Å². The summed E-state index contributed by atoms with van der Waals surface area (Å²) in [4.78, 5) is 18.7. The van der Waals surface area contributed by atoms with Gasteiger partial charge >= 0.3 is 6.03 Å². The summed E-state index contributed by atoms with van der Waals surface area (Å²) in [6.07, 6.45) is 7.03.